The van der Waals surface area contributed by atoms with E-state index in [2.05, 4.69) is 27.8 Å². The summed E-state index contributed by atoms with van der Waals surface area (Å²) in [6, 6.07) is 0. The number of ether oxygens (including phenoxy) is 1. The van der Waals surface area contributed by atoms with Crippen molar-refractivity contribution in [2.24, 2.45) is 0 Å². The van der Waals surface area contributed by atoms with Gasteiger partial charge in [0.15, 0.2) is 6.23 Å². The standard InChI is InChI=1S/C11H14IN4O13P3/c12-4-1-16(10-6(4)9(13)14-3-15-10)11-8(18)7(17)5(26-11)2-25-30(20)28-32(23,24)29-31(21,22)27-19/h1,3,5,7-8,11,17-18H,2H2,(H4-,13,14,15,19,21,22,23,24)/p+1/t5-,7-,8-,11-/m1/s1. The molecule has 3 heterocycles. The highest BCUT2D eigenvalue weighted by molar-refractivity contribution is 14.1. The average Bonchev–Trinajstić information content (AvgIpc) is 3.17. The minimum atomic E-state index is -5.46. The van der Waals surface area contributed by atoms with Crippen LogP contribution in [0.3, 0.4) is 0 Å². The van der Waals surface area contributed by atoms with Crippen molar-refractivity contribution in [2.45, 2.75) is 24.5 Å². The number of nitrogen functional groups attached to an aromatic ring is 1. The Morgan fingerprint density at radius 3 is 2.59 bits per heavy atom. The molecule has 3 rings (SSSR count). The lowest BCUT2D eigenvalue weighted by molar-refractivity contribution is -0.157. The second kappa shape index (κ2) is 9.89. The van der Waals surface area contributed by atoms with E-state index in [1.54, 1.807) is 6.20 Å². The molecule has 0 amide bonds. The van der Waals surface area contributed by atoms with Crippen molar-refractivity contribution in [3.05, 3.63) is 16.1 Å². The van der Waals surface area contributed by atoms with Crippen LogP contribution in [0.1, 0.15) is 6.23 Å². The Morgan fingerprint density at radius 2 is 1.94 bits per heavy atom. The molecule has 178 valence electrons. The van der Waals surface area contributed by atoms with Gasteiger partial charge in [0.2, 0.25) is 0 Å². The van der Waals surface area contributed by atoms with Gasteiger partial charge < -0.3 is 30.1 Å². The first-order valence-corrected chi connectivity index (χ1v) is 13.3. The van der Waals surface area contributed by atoms with Gasteiger partial charge in [0.25, 0.3) is 0 Å². The van der Waals surface area contributed by atoms with E-state index in [-0.39, 0.29) is 5.82 Å². The molecular weight excluding hydrogens is 616 g/mol. The van der Waals surface area contributed by atoms with E-state index in [1.807, 2.05) is 22.6 Å². The number of fused-ring (bicyclic) bond motifs is 1. The van der Waals surface area contributed by atoms with Crippen LogP contribution in [-0.2, 0) is 36.3 Å². The van der Waals surface area contributed by atoms with Crippen LogP contribution in [0, 0.1) is 3.57 Å². The topological polar surface area (TPSA) is 255 Å². The number of nitrogens with zero attached hydrogens (tertiary/aromatic N) is 3. The molecule has 0 bridgehead atoms. The maximum atomic E-state index is 11.7. The lowest BCUT2D eigenvalue weighted by Crippen LogP contribution is -2.33. The summed E-state index contributed by atoms with van der Waals surface area (Å²) < 4.78 is 57.0. The fourth-order valence-corrected chi connectivity index (χ4v) is 6.25. The third-order valence-electron chi connectivity index (χ3n) is 4.03. The van der Waals surface area contributed by atoms with E-state index < -0.39 is 55.0 Å². The molecule has 7 atom stereocenters. The van der Waals surface area contributed by atoms with Crippen molar-refractivity contribution in [2.75, 3.05) is 12.3 Å². The molecule has 1 saturated heterocycles. The second-order valence-corrected chi connectivity index (χ2v) is 11.3. The van der Waals surface area contributed by atoms with Crippen molar-refractivity contribution in [1.82, 2.24) is 14.5 Å². The molecule has 2 aromatic rings. The van der Waals surface area contributed by atoms with Gasteiger partial charge in [-0.05, 0) is 26.9 Å². The first-order valence-electron chi connectivity index (χ1n) is 8.13. The molecule has 1 fully saturated rings. The summed E-state index contributed by atoms with van der Waals surface area (Å²) in [6.45, 7) is -0.704. The molecule has 0 spiro atoms. The fourth-order valence-electron chi connectivity index (χ4n) is 2.76. The molecule has 2 aromatic heterocycles. The molecule has 1 aliphatic rings. The fraction of sp³-hybridized carbons (Fsp3) is 0.455. The van der Waals surface area contributed by atoms with Crippen LogP contribution in [0.25, 0.3) is 11.0 Å². The third kappa shape index (κ3) is 5.68. The van der Waals surface area contributed by atoms with Crippen LogP contribution in [-0.4, -0.2) is 64.7 Å². The van der Waals surface area contributed by atoms with Gasteiger partial charge in [0.05, 0.1) is 5.39 Å². The maximum Gasteiger partial charge on any atom is 0.708 e. The van der Waals surface area contributed by atoms with E-state index in [0.717, 1.165) is 0 Å². The molecule has 1 aliphatic heterocycles. The number of halogens is 1. The van der Waals surface area contributed by atoms with E-state index in [0.29, 0.717) is 14.6 Å². The molecule has 17 nitrogen and oxygen atoms in total. The number of nitrogens with two attached hydrogens (primary N) is 1. The van der Waals surface area contributed by atoms with Gasteiger partial charge in [0, 0.05) is 14.3 Å². The van der Waals surface area contributed by atoms with Crippen LogP contribution >= 0.6 is 46.5 Å². The average molecular weight is 631 g/mol. The van der Waals surface area contributed by atoms with Gasteiger partial charge in [-0.2, -0.15) is 4.31 Å². The first kappa shape index (κ1) is 25.9. The van der Waals surface area contributed by atoms with Crippen molar-refractivity contribution < 1.29 is 61.5 Å². The SMILES string of the molecule is Nc1ncnc2c1c(I)cn2[C@@H]1O[C@H](CO[P+](=O)OP(=O)(O)OP(=O)(O)OO)[C@@H](O)[C@H]1O. The summed E-state index contributed by atoms with van der Waals surface area (Å²) in [7, 11) is -14.3. The number of anilines is 1. The summed E-state index contributed by atoms with van der Waals surface area (Å²) in [5.41, 5.74) is 6.15. The summed E-state index contributed by atoms with van der Waals surface area (Å²) in [4.78, 5) is 26.0. The van der Waals surface area contributed by atoms with Gasteiger partial charge in [0.1, 0.15) is 42.7 Å². The molecular formula is C11H15IN4O13P3+. The van der Waals surface area contributed by atoms with Crippen LogP contribution in [0.4, 0.5) is 5.82 Å². The van der Waals surface area contributed by atoms with Crippen LogP contribution in [0.5, 0.6) is 0 Å². The lowest BCUT2D eigenvalue weighted by Gasteiger charge is -2.17. The van der Waals surface area contributed by atoms with Crippen molar-refractivity contribution in [3.8, 4) is 0 Å². The maximum absolute atomic E-state index is 11.7. The first-order chi connectivity index (χ1) is 14.8. The number of phosphoric acid groups is 2. The molecule has 0 radical (unpaired) electrons. The summed E-state index contributed by atoms with van der Waals surface area (Å²) in [6.07, 6.45) is -2.72. The highest BCUT2D eigenvalue weighted by Crippen LogP contribution is 2.63. The molecule has 0 aliphatic carbocycles. The van der Waals surface area contributed by atoms with Crippen molar-refractivity contribution >= 4 is 63.3 Å². The van der Waals surface area contributed by atoms with Gasteiger partial charge in [-0.1, -0.05) is 0 Å². The number of hydrogen-bond acceptors (Lipinski definition) is 14. The predicted octanol–water partition coefficient (Wildman–Crippen LogP) is 0.635. The molecule has 3 unspecified atom stereocenters. The smallest absolute Gasteiger partial charge is 0.387 e. The Labute approximate surface area is 192 Å². The molecule has 32 heavy (non-hydrogen) atoms. The van der Waals surface area contributed by atoms with E-state index in [4.69, 9.17) is 20.6 Å². The minimum absolute atomic E-state index is 0.190. The Hall–Kier alpha value is -0.690. The number of aromatic nitrogens is 3. The Kier molecular flexibility index (Phi) is 8.01. The van der Waals surface area contributed by atoms with Crippen molar-refractivity contribution in [3.63, 3.8) is 0 Å². The molecule has 21 heteroatoms. The molecule has 0 aromatic carbocycles. The van der Waals surface area contributed by atoms with E-state index >= 15 is 0 Å². The third-order valence-corrected chi connectivity index (χ3v) is 8.42. The predicted molar refractivity (Wildman–Crippen MR) is 110 cm³/mol. The van der Waals surface area contributed by atoms with Crippen LogP contribution in [0.15, 0.2) is 12.5 Å². The zero-order valence-corrected chi connectivity index (χ0v) is 20.2. The number of rotatable bonds is 9. The summed E-state index contributed by atoms with van der Waals surface area (Å²) in [5, 5.41) is 29.2. The van der Waals surface area contributed by atoms with Crippen LogP contribution in [0.2, 0.25) is 0 Å². The lowest BCUT2D eigenvalue weighted by atomic mass is 10.1. The molecule has 7 N–H and O–H groups in total. The highest BCUT2D eigenvalue weighted by Gasteiger charge is 2.48. The quantitative estimate of drug-likeness (QED) is 0.0960. The minimum Gasteiger partial charge on any atom is -0.387 e. The molecule has 0 saturated carbocycles. The summed E-state index contributed by atoms with van der Waals surface area (Å²) in [5.74, 6) is 0.190. The Bertz CT molecular complexity index is 1120. The van der Waals surface area contributed by atoms with Gasteiger partial charge >= 0.3 is 23.9 Å². The normalized spacial score (nSPS) is 27.9. The van der Waals surface area contributed by atoms with Gasteiger partial charge in [-0.15, -0.1) is 9.20 Å². The summed E-state index contributed by atoms with van der Waals surface area (Å²) >= 11 is 1.97. The highest BCUT2D eigenvalue weighted by atomic mass is 127. The van der Waals surface area contributed by atoms with E-state index in [1.165, 1.54) is 10.9 Å². The Balaban J connectivity index is 1.66. The largest absolute Gasteiger partial charge is 0.708 e. The monoisotopic (exact) mass is 631 g/mol. The van der Waals surface area contributed by atoms with Gasteiger partial charge in [-0.3, -0.25) is 4.89 Å². The van der Waals surface area contributed by atoms with E-state index in [9.17, 15) is 28.8 Å². The van der Waals surface area contributed by atoms with Crippen LogP contribution < -0.4 is 5.73 Å². The van der Waals surface area contributed by atoms with Crippen molar-refractivity contribution in [1.29, 1.82) is 0 Å². The zero-order valence-electron chi connectivity index (χ0n) is 15.3. The second-order valence-electron chi connectivity index (χ2n) is 6.09. The zero-order chi connectivity index (χ0) is 23.8. The Morgan fingerprint density at radius 1 is 1.25 bits per heavy atom. The number of hydrogen-bond donors (Lipinski definition) is 6. The number of aliphatic hydroxyl groups excluding tert-OH is 2. The van der Waals surface area contributed by atoms with Gasteiger partial charge in [-0.25, -0.2) is 24.4 Å². The number of aliphatic hydroxyl groups is 2.